The third-order valence-corrected chi connectivity index (χ3v) is 1.30. The molecule has 0 amide bonds. The van der Waals surface area contributed by atoms with Crippen LogP contribution >= 0.6 is 0 Å². The number of hydrogen-bond donors (Lipinski definition) is 5. The van der Waals surface area contributed by atoms with Gasteiger partial charge in [0.25, 0.3) is 5.95 Å². The maximum absolute atomic E-state index is 8.63. The van der Waals surface area contributed by atoms with Crippen LogP contribution in [0.4, 0.5) is 17.8 Å². The van der Waals surface area contributed by atoms with Crippen LogP contribution < -0.4 is 16.1 Å². The lowest BCUT2D eigenvalue weighted by atomic mass is 10.8. The summed E-state index contributed by atoms with van der Waals surface area (Å²) in [5.74, 6) is 0.463. The second kappa shape index (κ2) is 5.90. The number of aromatic nitrogens is 3. The molecule has 0 radical (unpaired) electrons. The molecule has 0 bridgehead atoms. The van der Waals surface area contributed by atoms with Gasteiger partial charge in [0.15, 0.2) is 0 Å². The molecule has 1 aromatic rings. The van der Waals surface area contributed by atoms with E-state index in [-0.39, 0.29) is 31.3 Å². The molecule has 0 saturated heterocycles. The smallest absolute Gasteiger partial charge is 0.253 e. The van der Waals surface area contributed by atoms with E-state index in [1.807, 2.05) is 0 Å². The largest absolute Gasteiger partial charge is 0.376 e. The number of aliphatic hydroxyl groups excluding tert-OH is 2. The average molecular weight is 216 g/mol. The first-order valence-electron chi connectivity index (χ1n) is 4.04. The van der Waals surface area contributed by atoms with Crippen molar-refractivity contribution in [2.24, 2.45) is 0 Å². The molecule has 9 heteroatoms. The van der Waals surface area contributed by atoms with Crippen molar-refractivity contribution in [3.8, 4) is 0 Å². The van der Waals surface area contributed by atoms with Gasteiger partial charge in [-0.2, -0.15) is 15.0 Å². The molecule has 0 unspecified atom stereocenters. The van der Waals surface area contributed by atoms with Gasteiger partial charge in [-0.3, -0.25) is 4.84 Å². The molecule has 0 saturated carbocycles. The molecule has 0 aromatic carbocycles. The Bertz CT molecular complexity index is 249. The first-order chi connectivity index (χ1) is 7.30. The van der Waals surface area contributed by atoms with E-state index in [9.17, 15) is 0 Å². The third kappa shape index (κ3) is 3.50. The van der Waals surface area contributed by atoms with Crippen LogP contribution in [0.15, 0.2) is 0 Å². The van der Waals surface area contributed by atoms with Crippen LogP contribution in [0.1, 0.15) is 0 Å². The van der Waals surface area contributed by atoms with Crippen molar-refractivity contribution in [1.29, 1.82) is 0 Å². The van der Waals surface area contributed by atoms with Crippen LogP contribution in [0.5, 0.6) is 0 Å². The lowest BCUT2D eigenvalue weighted by Crippen LogP contribution is -2.12. The van der Waals surface area contributed by atoms with Crippen molar-refractivity contribution < 1.29 is 15.1 Å². The Morgan fingerprint density at radius 2 is 1.47 bits per heavy atom. The summed E-state index contributed by atoms with van der Waals surface area (Å²) in [6.45, 7) is -0.621. The second-order valence-corrected chi connectivity index (χ2v) is 2.28. The van der Waals surface area contributed by atoms with Gasteiger partial charge in [0.05, 0.1) is 7.11 Å². The van der Waals surface area contributed by atoms with E-state index in [4.69, 9.17) is 10.2 Å². The molecule has 0 aliphatic heterocycles. The highest BCUT2D eigenvalue weighted by atomic mass is 16.6. The molecule has 1 rings (SSSR count). The molecule has 0 aliphatic carbocycles. The van der Waals surface area contributed by atoms with Crippen LogP contribution in [-0.2, 0) is 4.84 Å². The molecule has 0 aliphatic rings. The highest BCUT2D eigenvalue weighted by molar-refractivity contribution is 5.40. The van der Waals surface area contributed by atoms with E-state index >= 15 is 0 Å². The number of hydrogen-bond acceptors (Lipinski definition) is 9. The van der Waals surface area contributed by atoms with Gasteiger partial charge in [-0.25, -0.2) is 5.48 Å². The normalized spacial score (nSPS) is 9.80. The van der Waals surface area contributed by atoms with Crippen LogP contribution in [0.2, 0.25) is 0 Å². The van der Waals surface area contributed by atoms with Gasteiger partial charge in [0.1, 0.15) is 13.5 Å². The topological polar surface area (TPSA) is 124 Å². The summed E-state index contributed by atoms with van der Waals surface area (Å²) < 4.78 is 0. The molecule has 84 valence electrons. The van der Waals surface area contributed by atoms with Gasteiger partial charge in [-0.15, -0.1) is 0 Å². The Kier molecular flexibility index (Phi) is 4.47. The van der Waals surface area contributed by atoms with Gasteiger partial charge < -0.3 is 20.8 Å². The number of rotatable bonds is 6. The van der Waals surface area contributed by atoms with Crippen molar-refractivity contribution >= 4 is 17.8 Å². The molecule has 1 heterocycles. The molecule has 5 N–H and O–H groups in total. The van der Waals surface area contributed by atoms with Crippen molar-refractivity contribution in [3.63, 3.8) is 0 Å². The van der Waals surface area contributed by atoms with Crippen LogP contribution in [0, 0.1) is 0 Å². The summed E-state index contributed by atoms with van der Waals surface area (Å²) in [6.07, 6.45) is 0. The molecule has 0 spiro atoms. The van der Waals surface area contributed by atoms with E-state index in [0.717, 1.165) is 0 Å². The molecule has 0 atom stereocenters. The van der Waals surface area contributed by atoms with Gasteiger partial charge >= 0.3 is 0 Å². The van der Waals surface area contributed by atoms with E-state index in [0.29, 0.717) is 0 Å². The summed E-state index contributed by atoms with van der Waals surface area (Å²) in [7, 11) is 1.40. The van der Waals surface area contributed by atoms with Crippen LogP contribution in [-0.4, -0.2) is 45.7 Å². The van der Waals surface area contributed by atoms with Crippen LogP contribution in [0.25, 0.3) is 0 Å². The minimum atomic E-state index is -0.311. The van der Waals surface area contributed by atoms with Crippen molar-refractivity contribution in [3.05, 3.63) is 0 Å². The minimum Gasteiger partial charge on any atom is -0.376 e. The predicted octanol–water partition coefficient (Wildman–Crippen LogP) is -1.43. The van der Waals surface area contributed by atoms with Gasteiger partial charge in [-0.1, -0.05) is 0 Å². The SMILES string of the molecule is CONc1nc(NCO)nc(NCO)n1. The maximum atomic E-state index is 8.63. The molecule has 1 aromatic heterocycles. The zero-order valence-electron chi connectivity index (χ0n) is 8.06. The fraction of sp³-hybridized carbons (Fsp3) is 0.500. The summed E-state index contributed by atoms with van der Waals surface area (Å²) >= 11 is 0. The third-order valence-electron chi connectivity index (χ3n) is 1.30. The Morgan fingerprint density at radius 1 is 1.00 bits per heavy atom. The van der Waals surface area contributed by atoms with Gasteiger partial charge in [0.2, 0.25) is 11.9 Å². The van der Waals surface area contributed by atoms with Crippen molar-refractivity contribution in [2.75, 3.05) is 36.7 Å². The standard InChI is InChI=1S/C6H12N6O3/c1-15-12-6-10-4(7-2-13)9-5(11-6)8-3-14/h13-14H,2-3H2,1H3,(H3,7,8,9,10,11,12). The highest BCUT2D eigenvalue weighted by Gasteiger charge is 2.04. The van der Waals surface area contributed by atoms with Crippen LogP contribution in [0.3, 0.4) is 0 Å². The van der Waals surface area contributed by atoms with Gasteiger partial charge in [-0.05, 0) is 0 Å². The number of aliphatic hydroxyl groups is 2. The summed E-state index contributed by atoms with van der Waals surface area (Å²) in [5.41, 5.74) is 2.40. The molecule has 9 nitrogen and oxygen atoms in total. The summed E-state index contributed by atoms with van der Waals surface area (Å²) in [6, 6.07) is 0. The van der Waals surface area contributed by atoms with E-state index in [1.165, 1.54) is 7.11 Å². The summed E-state index contributed by atoms with van der Waals surface area (Å²) in [4.78, 5) is 16.1. The lowest BCUT2D eigenvalue weighted by molar-refractivity contribution is 0.266. The quantitative estimate of drug-likeness (QED) is 0.287. The average Bonchev–Trinajstić information content (AvgIpc) is 2.19. The predicted molar refractivity (Wildman–Crippen MR) is 51.9 cm³/mol. The zero-order valence-corrected chi connectivity index (χ0v) is 8.06. The van der Waals surface area contributed by atoms with E-state index in [1.54, 1.807) is 0 Å². The first-order valence-corrected chi connectivity index (χ1v) is 4.04. The minimum absolute atomic E-state index is 0.152. The monoisotopic (exact) mass is 216 g/mol. The Balaban J connectivity index is 2.86. The van der Waals surface area contributed by atoms with Gasteiger partial charge in [0, 0.05) is 0 Å². The first kappa shape index (κ1) is 11.4. The number of anilines is 3. The Hall–Kier alpha value is -1.71. The fourth-order valence-electron chi connectivity index (χ4n) is 0.812. The van der Waals surface area contributed by atoms with Crippen molar-refractivity contribution in [2.45, 2.75) is 0 Å². The Labute approximate surface area is 85.5 Å². The molecule has 15 heavy (non-hydrogen) atoms. The molecule has 0 fully saturated rings. The number of nitrogens with one attached hydrogen (secondary N) is 3. The highest BCUT2D eigenvalue weighted by Crippen LogP contribution is 2.08. The zero-order chi connectivity index (χ0) is 11.1. The van der Waals surface area contributed by atoms with E-state index < -0.39 is 0 Å². The Morgan fingerprint density at radius 3 is 1.87 bits per heavy atom. The van der Waals surface area contributed by atoms with Crippen molar-refractivity contribution in [1.82, 2.24) is 15.0 Å². The number of nitrogens with zero attached hydrogens (tertiary/aromatic N) is 3. The second-order valence-electron chi connectivity index (χ2n) is 2.28. The molecular formula is C6H12N6O3. The summed E-state index contributed by atoms with van der Waals surface area (Å²) in [5, 5.41) is 22.2. The fourth-order valence-corrected chi connectivity index (χ4v) is 0.812. The maximum Gasteiger partial charge on any atom is 0.253 e. The molecular weight excluding hydrogens is 204 g/mol. The van der Waals surface area contributed by atoms with E-state index in [2.05, 4.69) is 35.9 Å². The lowest BCUT2D eigenvalue weighted by Gasteiger charge is -2.07.